The molecule has 25 heavy (non-hydrogen) atoms. The van der Waals surface area contributed by atoms with E-state index in [2.05, 4.69) is 12.2 Å². The highest BCUT2D eigenvalue weighted by Crippen LogP contribution is 2.30. The van der Waals surface area contributed by atoms with Crippen LogP contribution in [0.4, 0.5) is 18.9 Å². The van der Waals surface area contributed by atoms with Crippen LogP contribution < -0.4 is 10.2 Å². The molecular formula is C18H24F3N3O. The van der Waals surface area contributed by atoms with Crippen molar-refractivity contribution >= 4 is 11.6 Å². The van der Waals surface area contributed by atoms with Gasteiger partial charge in [0.2, 0.25) is 5.91 Å². The molecule has 0 radical (unpaired) electrons. The number of piperazine rings is 1. The Morgan fingerprint density at radius 2 is 1.76 bits per heavy atom. The molecule has 1 aromatic carbocycles. The number of amides is 1. The highest BCUT2D eigenvalue weighted by atomic mass is 19.4. The maximum Gasteiger partial charge on any atom is 0.416 e. The molecule has 2 aliphatic rings. The summed E-state index contributed by atoms with van der Waals surface area (Å²) in [6.07, 6.45) is -2.56. The molecule has 138 valence electrons. The topological polar surface area (TPSA) is 35.6 Å². The van der Waals surface area contributed by atoms with Crippen molar-refractivity contribution in [3.8, 4) is 0 Å². The Morgan fingerprint density at radius 1 is 1.12 bits per heavy atom. The number of rotatable bonds is 2. The summed E-state index contributed by atoms with van der Waals surface area (Å²) in [5.74, 6) is 0.314. The Hall–Kier alpha value is -1.76. The average Bonchev–Trinajstić information content (AvgIpc) is 2.61. The number of anilines is 1. The summed E-state index contributed by atoms with van der Waals surface area (Å²) in [7, 11) is 0. The number of carbonyl (C=O) groups is 1. The number of alkyl halides is 3. The van der Waals surface area contributed by atoms with Gasteiger partial charge in [0.05, 0.1) is 5.56 Å². The van der Waals surface area contributed by atoms with Crippen LogP contribution in [-0.4, -0.2) is 49.6 Å². The summed E-state index contributed by atoms with van der Waals surface area (Å²) >= 11 is 0. The second-order valence-corrected chi connectivity index (χ2v) is 6.93. The van der Waals surface area contributed by atoms with Crippen LogP contribution in [0.2, 0.25) is 0 Å². The molecular weight excluding hydrogens is 331 g/mol. The van der Waals surface area contributed by atoms with Crippen LogP contribution in [0.3, 0.4) is 0 Å². The van der Waals surface area contributed by atoms with Gasteiger partial charge in [0.1, 0.15) is 0 Å². The van der Waals surface area contributed by atoms with Crippen LogP contribution in [0.5, 0.6) is 0 Å². The molecule has 7 heteroatoms. The number of hydrogen-bond donors (Lipinski definition) is 1. The van der Waals surface area contributed by atoms with Gasteiger partial charge in [0.25, 0.3) is 0 Å². The molecule has 0 unspecified atom stereocenters. The fourth-order valence-corrected chi connectivity index (χ4v) is 3.66. The first-order valence-corrected chi connectivity index (χ1v) is 8.79. The quantitative estimate of drug-likeness (QED) is 0.886. The number of piperidine rings is 1. The largest absolute Gasteiger partial charge is 0.416 e. The molecule has 0 aliphatic carbocycles. The van der Waals surface area contributed by atoms with E-state index in [-0.39, 0.29) is 11.8 Å². The molecule has 0 bridgehead atoms. The van der Waals surface area contributed by atoms with Crippen molar-refractivity contribution < 1.29 is 18.0 Å². The van der Waals surface area contributed by atoms with Crippen molar-refractivity contribution in [3.05, 3.63) is 29.8 Å². The fraction of sp³-hybridized carbons (Fsp3) is 0.611. The lowest BCUT2D eigenvalue weighted by Crippen LogP contribution is -2.52. The molecule has 1 amide bonds. The minimum absolute atomic E-state index is 0.0915. The highest BCUT2D eigenvalue weighted by molar-refractivity contribution is 5.79. The lowest BCUT2D eigenvalue weighted by atomic mass is 9.92. The smallest absolute Gasteiger partial charge is 0.368 e. The predicted molar refractivity (Wildman–Crippen MR) is 90.4 cm³/mol. The van der Waals surface area contributed by atoms with Crippen molar-refractivity contribution in [1.82, 2.24) is 10.2 Å². The monoisotopic (exact) mass is 355 g/mol. The molecule has 1 aromatic rings. The second-order valence-electron chi connectivity index (χ2n) is 6.93. The molecule has 4 nitrogen and oxygen atoms in total. The fourth-order valence-electron chi connectivity index (χ4n) is 3.66. The Morgan fingerprint density at radius 3 is 2.32 bits per heavy atom. The molecule has 0 saturated carbocycles. The lowest BCUT2D eigenvalue weighted by Gasteiger charge is -2.39. The molecule has 0 spiro atoms. The molecule has 2 heterocycles. The van der Waals surface area contributed by atoms with E-state index in [1.165, 1.54) is 12.1 Å². The van der Waals surface area contributed by atoms with E-state index in [1.54, 1.807) is 0 Å². The van der Waals surface area contributed by atoms with Crippen molar-refractivity contribution in [2.24, 2.45) is 5.92 Å². The molecule has 2 fully saturated rings. The normalized spacial score (nSPS) is 25.1. The van der Waals surface area contributed by atoms with Gasteiger partial charge in [0.15, 0.2) is 0 Å². The standard InChI is InChI=1S/C18H24F3N3O/c1-13-12-14(6-7-22-13)17(25)24-10-8-23(9-11-24)16-4-2-15(3-5-16)18(19,20)21/h2-5,13-14,22H,6-12H2,1H3/t13-,14-/m1/s1. The van der Waals surface area contributed by atoms with Gasteiger partial charge in [-0.1, -0.05) is 0 Å². The highest BCUT2D eigenvalue weighted by Gasteiger charge is 2.32. The molecule has 3 rings (SSSR count). The molecule has 2 aliphatic heterocycles. The predicted octanol–water partition coefficient (Wildman–Crippen LogP) is 2.74. The number of nitrogens with one attached hydrogen (secondary N) is 1. The third-order valence-electron chi connectivity index (χ3n) is 5.12. The number of hydrogen-bond acceptors (Lipinski definition) is 3. The maximum atomic E-state index is 12.7. The van der Waals surface area contributed by atoms with Gasteiger partial charge < -0.3 is 15.1 Å². The Bertz CT molecular complexity index is 595. The third-order valence-corrected chi connectivity index (χ3v) is 5.12. The summed E-state index contributed by atoms with van der Waals surface area (Å²) in [5.41, 5.74) is 0.140. The first-order valence-electron chi connectivity index (χ1n) is 8.79. The second kappa shape index (κ2) is 7.23. The van der Waals surface area contributed by atoms with Crippen LogP contribution >= 0.6 is 0 Å². The maximum absolute atomic E-state index is 12.7. The van der Waals surface area contributed by atoms with Gasteiger partial charge >= 0.3 is 6.18 Å². The molecule has 2 atom stereocenters. The SMILES string of the molecule is C[C@@H]1C[C@H](C(=O)N2CCN(c3ccc(C(F)(F)F)cc3)CC2)CCN1. The zero-order valence-electron chi connectivity index (χ0n) is 14.4. The van der Waals surface area contributed by atoms with Crippen LogP contribution in [0.15, 0.2) is 24.3 Å². The van der Waals surface area contributed by atoms with Crippen molar-refractivity contribution in [1.29, 1.82) is 0 Å². The summed E-state index contributed by atoms with van der Waals surface area (Å²) in [6.45, 7) is 5.52. The minimum Gasteiger partial charge on any atom is -0.368 e. The Kier molecular flexibility index (Phi) is 5.22. The van der Waals surface area contributed by atoms with E-state index in [0.717, 1.165) is 37.2 Å². The Labute approximate surface area is 146 Å². The van der Waals surface area contributed by atoms with Gasteiger partial charge in [-0.25, -0.2) is 0 Å². The summed E-state index contributed by atoms with van der Waals surface area (Å²) < 4.78 is 37.9. The summed E-state index contributed by atoms with van der Waals surface area (Å²) in [6, 6.07) is 5.62. The zero-order chi connectivity index (χ0) is 18.0. The van der Waals surface area contributed by atoms with E-state index in [0.29, 0.717) is 32.2 Å². The van der Waals surface area contributed by atoms with E-state index in [1.807, 2.05) is 9.80 Å². The Balaban J connectivity index is 1.55. The molecule has 1 N–H and O–H groups in total. The summed E-state index contributed by atoms with van der Waals surface area (Å²) in [5, 5.41) is 3.35. The van der Waals surface area contributed by atoms with Crippen LogP contribution in [-0.2, 0) is 11.0 Å². The lowest BCUT2D eigenvalue weighted by molar-refractivity contribution is -0.138. The van der Waals surface area contributed by atoms with Crippen LogP contribution in [0, 0.1) is 5.92 Å². The minimum atomic E-state index is -4.31. The first-order chi connectivity index (χ1) is 11.8. The number of halogens is 3. The van der Waals surface area contributed by atoms with E-state index < -0.39 is 11.7 Å². The van der Waals surface area contributed by atoms with Crippen LogP contribution in [0.1, 0.15) is 25.3 Å². The molecule has 0 aromatic heterocycles. The van der Waals surface area contributed by atoms with Crippen LogP contribution in [0.25, 0.3) is 0 Å². The van der Waals surface area contributed by atoms with Gasteiger partial charge in [-0.15, -0.1) is 0 Å². The zero-order valence-corrected chi connectivity index (χ0v) is 14.4. The average molecular weight is 355 g/mol. The van der Waals surface area contributed by atoms with Gasteiger partial charge in [0, 0.05) is 43.8 Å². The van der Waals surface area contributed by atoms with Gasteiger partial charge in [-0.3, -0.25) is 4.79 Å². The number of carbonyl (C=O) groups excluding carboxylic acids is 1. The number of benzene rings is 1. The van der Waals surface area contributed by atoms with Gasteiger partial charge in [-0.2, -0.15) is 13.2 Å². The van der Waals surface area contributed by atoms with Gasteiger partial charge in [-0.05, 0) is 50.6 Å². The molecule has 2 saturated heterocycles. The number of nitrogens with zero attached hydrogens (tertiary/aromatic N) is 2. The van der Waals surface area contributed by atoms with E-state index in [4.69, 9.17) is 0 Å². The van der Waals surface area contributed by atoms with Crippen molar-refractivity contribution in [2.75, 3.05) is 37.6 Å². The summed E-state index contributed by atoms with van der Waals surface area (Å²) in [4.78, 5) is 16.6. The third kappa shape index (κ3) is 4.26. The first kappa shape index (κ1) is 18.0. The van der Waals surface area contributed by atoms with E-state index in [9.17, 15) is 18.0 Å². The van der Waals surface area contributed by atoms with Crippen molar-refractivity contribution in [3.63, 3.8) is 0 Å². The van der Waals surface area contributed by atoms with E-state index >= 15 is 0 Å². The van der Waals surface area contributed by atoms with Crippen molar-refractivity contribution in [2.45, 2.75) is 32.0 Å².